The summed E-state index contributed by atoms with van der Waals surface area (Å²) in [6, 6.07) is 8.23. The highest BCUT2D eigenvalue weighted by atomic mass is 32.1. The van der Waals surface area contributed by atoms with Gasteiger partial charge < -0.3 is 5.32 Å². The Morgan fingerprint density at radius 3 is 2.73 bits per heavy atom. The second-order valence-corrected chi connectivity index (χ2v) is 7.96. The predicted octanol–water partition coefficient (Wildman–Crippen LogP) is 4.17. The van der Waals surface area contributed by atoms with Crippen molar-refractivity contribution in [1.29, 1.82) is 0 Å². The van der Waals surface area contributed by atoms with E-state index < -0.39 is 0 Å². The minimum atomic E-state index is -0.233. The van der Waals surface area contributed by atoms with Crippen LogP contribution in [0.15, 0.2) is 24.3 Å². The molecule has 1 saturated carbocycles. The lowest BCUT2D eigenvalue weighted by atomic mass is 9.81. The van der Waals surface area contributed by atoms with Gasteiger partial charge in [-0.3, -0.25) is 4.79 Å². The molecular formula is C18H24N2OS. The monoisotopic (exact) mass is 316 g/mol. The number of carbonyl (C=O) groups is 1. The number of rotatable bonds is 5. The van der Waals surface area contributed by atoms with Gasteiger partial charge in [0.25, 0.3) is 0 Å². The zero-order valence-electron chi connectivity index (χ0n) is 13.4. The van der Waals surface area contributed by atoms with Gasteiger partial charge in [0, 0.05) is 13.0 Å². The second-order valence-electron chi connectivity index (χ2n) is 6.84. The van der Waals surface area contributed by atoms with Crippen LogP contribution in [0.25, 0.3) is 10.2 Å². The Morgan fingerprint density at radius 2 is 2.05 bits per heavy atom. The third-order valence-electron chi connectivity index (χ3n) is 4.54. The van der Waals surface area contributed by atoms with Crippen LogP contribution in [0.1, 0.15) is 44.5 Å². The van der Waals surface area contributed by atoms with Crippen molar-refractivity contribution in [2.45, 2.75) is 46.0 Å². The van der Waals surface area contributed by atoms with E-state index in [1.165, 1.54) is 4.70 Å². The minimum absolute atomic E-state index is 0.233. The van der Waals surface area contributed by atoms with Crippen molar-refractivity contribution >= 4 is 27.5 Å². The van der Waals surface area contributed by atoms with E-state index in [-0.39, 0.29) is 11.3 Å². The van der Waals surface area contributed by atoms with Crippen LogP contribution < -0.4 is 5.32 Å². The highest BCUT2D eigenvalue weighted by Crippen LogP contribution is 2.42. The Bertz CT molecular complexity index is 623. The van der Waals surface area contributed by atoms with E-state index in [0.29, 0.717) is 5.92 Å². The molecule has 0 spiro atoms. The lowest BCUT2D eigenvalue weighted by Crippen LogP contribution is -2.42. The molecule has 0 saturated heterocycles. The van der Waals surface area contributed by atoms with Crippen molar-refractivity contribution in [2.24, 2.45) is 11.3 Å². The topological polar surface area (TPSA) is 42.0 Å². The smallest absolute Gasteiger partial charge is 0.226 e. The van der Waals surface area contributed by atoms with Crippen LogP contribution in [0.4, 0.5) is 0 Å². The number of para-hydroxylation sites is 1. The van der Waals surface area contributed by atoms with Crippen molar-refractivity contribution in [3.63, 3.8) is 0 Å². The largest absolute Gasteiger partial charge is 0.355 e. The molecule has 1 fully saturated rings. The molecule has 1 aromatic heterocycles. The molecule has 1 amide bonds. The van der Waals surface area contributed by atoms with E-state index in [9.17, 15) is 4.79 Å². The third-order valence-corrected chi connectivity index (χ3v) is 5.58. The number of thiazole rings is 1. The van der Waals surface area contributed by atoms with Crippen molar-refractivity contribution in [2.75, 3.05) is 6.54 Å². The van der Waals surface area contributed by atoms with Gasteiger partial charge in [0.05, 0.1) is 20.6 Å². The average molecular weight is 316 g/mol. The lowest BCUT2D eigenvalue weighted by molar-refractivity contribution is -0.131. The van der Waals surface area contributed by atoms with Crippen LogP contribution in [-0.4, -0.2) is 17.4 Å². The van der Waals surface area contributed by atoms with Crippen LogP contribution in [-0.2, 0) is 11.2 Å². The number of hydrogen-bond acceptors (Lipinski definition) is 3. The number of nitrogens with one attached hydrogen (secondary N) is 1. The van der Waals surface area contributed by atoms with E-state index >= 15 is 0 Å². The number of fused-ring (bicyclic) bond motifs is 1. The summed E-state index contributed by atoms with van der Waals surface area (Å²) in [5.41, 5.74) is 0.821. The van der Waals surface area contributed by atoms with Gasteiger partial charge in [0.2, 0.25) is 5.91 Å². The molecular weight excluding hydrogens is 292 g/mol. The van der Waals surface area contributed by atoms with Crippen LogP contribution in [0, 0.1) is 11.3 Å². The summed E-state index contributed by atoms with van der Waals surface area (Å²) in [4.78, 5) is 17.5. The molecule has 3 rings (SSSR count). The molecule has 3 nitrogen and oxygen atoms in total. The normalized spacial score (nSPS) is 17.2. The van der Waals surface area contributed by atoms with Gasteiger partial charge in [0.15, 0.2) is 0 Å². The van der Waals surface area contributed by atoms with Crippen LogP contribution in [0.2, 0.25) is 0 Å². The average Bonchev–Trinajstić information content (AvgIpc) is 3.11. The first kappa shape index (κ1) is 15.5. The van der Waals surface area contributed by atoms with E-state index in [2.05, 4.69) is 31.3 Å². The van der Waals surface area contributed by atoms with Gasteiger partial charge in [-0.1, -0.05) is 38.8 Å². The summed E-state index contributed by atoms with van der Waals surface area (Å²) < 4.78 is 1.22. The quantitative estimate of drug-likeness (QED) is 0.899. The fraction of sp³-hybridized carbons (Fsp3) is 0.556. The first-order chi connectivity index (χ1) is 10.6. The Labute approximate surface area is 136 Å². The SMILES string of the molecule is CC(C)CNC(=O)C1(Cc2nc3ccccc3s2)CCCC1. The van der Waals surface area contributed by atoms with Crippen LogP contribution >= 0.6 is 11.3 Å². The standard InChI is InChI=1S/C18H24N2OS/c1-13(2)12-19-17(21)18(9-5-6-10-18)11-16-20-14-7-3-4-8-15(14)22-16/h3-4,7-8,13H,5-6,9-12H2,1-2H3,(H,19,21). The maximum absolute atomic E-state index is 12.8. The molecule has 22 heavy (non-hydrogen) atoms. The van der Waals surface area contributed by atoms with Crippen LogP contribution in [0.3, 0.4) is 0 Å². The van der Waals surface area contributed by atoms with E-state index in [1.54, 1.807) is 11.3 Å². The van der Waals surface area contributed by atoms with Crippen molar-refractivity contribution in [1.82, 2.24) is 10.3 Å². The highest BCUT2D eigenvalue weighted by molar-refractivity contribution is 7.18. The molecule has 0 atom stereocenters. The highest BCUT2D eigenvalue weighted by Gasteiger charge is 2.41. The minimum Gasteiger partial charge on any atom is -0.355 e. The van der Waals surface area contributed by atoms with E-state index in [1.807, 2.05) is 12.1 Å². The Kier molecular flexibility index (Phi) is 4.48. The first-order valence-corrected chi connectivity index (χ1v) is 9.03. The molecule has 0 aliphatic heterocycles. The second kappa shape index (κ2) is 6.37. The molecule has 0 bridgehead atoms. The summed E-state index contributed by atoms with van der Waals surface area (Å²) in [5.74, 6) is 0.725. The Morgan fingerprint density at radius 1 is 1.32 bits per heavy atom. The molecule has 0 unspecified atom stereocenters. The van der Waals surface area contributed by atoms with Gasteiger partial charge in [-0.15, -0.1) is 11.3 Å². The number of amides is 1. The van der Waals surface area contributed by atoms with Gasteiger partial charge >= 0.3 is 0 Å². The summed E-state index contributed by atoms with van der Waals surface area (Å²) in [7, 11) is 0. The predicted molar refractivity (Wildman–Crippen MR) is 92.1 cm³/mol. The molecule has 1 aliphatic carbocycles. The zero-order chi connectivity index (χ0) is 15.6. The third kappa shape index (κ3) is 3.17. The van der Waals surface area contributed by atoms with E-state index in [0.717, 1.165) is 49.2 Å². The summed E-state index contributed by atoms with van der Waals surface area (Å²) in [6.45, 7) is 5.03. The first-order valence-electron chi connectivity index (χ1n) is 8.22. The molecule has 1 aromatic carbocycles. The zero-order valence-corrected chi connectivity index (χ0v) is 14.2. The fourth-order valence-electron chi connectivity index (χ4n) is 3.31. The number of benzene rings is 1. The van der Waals surface area contributed by atoms with Gasteiger partial charge in [-0.2, -0.15) is 0 Å². The molecule has 0 radical (unpaired) electrons. The Balaban J connectivity index is 1.80. The molecule has 1 heterocycles. The van der Waals surface area contributed by atoms with Gasteiger partial charge in [-0.25, -0.2) is 4.98 Å². The van der Waals surface area contributed by atoms with Gasteiger partial charge in [-0.05, 0) is 30.9 Å². The molecule has 1 N–H and O–H groups in total. The van der Waals surface area contributed by atoms with Crippen molar-refractivity contribution < 1.29 is 4.79 Å². The molecule has 4 heteroatoms. The summed E-state index contributed by atoms with van der Waals surface area (Å²) in [6.07, 6.45) is 5.08. The van der Waals surface area contributed by atoms with Gasteiger partial charge in [0.1, 0.15) is 0 Å². The molecule has 1 aliphatic rings. The fourth-order valence-corrected chi connectivity index (χ4v) is 4.42. The maximum Gasteiger partial charge on any atom is 0.226 e. The summed E-state index contributed by atoms with van der Waals surface area (Å²) in [5, 5.41) is 4.26. The number of hydrogen-bond donors (Lipinski definition) is 1. The Hall–Kier alpha value is -1.42. The van der Waals surface area contributed by atoms with Crippen molar-refractivity contribution in [3.8, 4) is 0 Å². The van der Waals surface area contributed by atoms with E-state index in [4.69, 9.17) is 4.98 Å². The maximum atomic E-state index is 12.8. The summed E-state index contributed by atoms with van der Waals surface area (Å²) >= 11 is 1.73. The number of aromatic nitrogens is 1. The molecule has 118 valence electrons. The van der Waals surface area contributed by atoms with Crippen molar-refractivity contribution in [3.05, 3.63) is 29.3 Å². The molecule has 2 aromatic rings. The van der Waals surface area contributed by atoms with Crippen LogP contribution in [0.5, 0.6) is 0 Å². The number of carbonyl (C=O) groups excluding carboxylic acids is 1. The number of nitrogens with zero attached hydrogens (tertiary/aromatic N) is 1. The lowest BCUT2D eigenvalue weighted by Gasteiger charge is -2.27.